The molecule has 0 radical (unpaired) electrons. The van der Waals surface area contributed by atoms with E-state index in [9.17, 15) is 0 Å². The number of nitrogens with one attached hydrogen (secondary N) is 2. The Morgan fingerprint density at radius 2 is 1.43 bits per heavy atom. The summed E-state index contributed by atoms with van der Waals surface area (Å²) < 4.78 is 50.0. The maximum absolute atomic E-state index is 15.7. The van der Waals surface area contributed by atoms with Crippen LogP contribution in [0.2, 0.25) is 0 Å². The van der Waals surface area contributed by atoms with E-state index in [4.69, 9.17) is 25.7 Å². The molecule has 212 valence electrons. The Morgan fingerprint density at radius 3 is 2.15 bits per heavy atom. The van der Waals surface area contributed by atoms with E-state index in [1.165, 1.54) is 12.7 Å². The number of halogens is 2. The molecule has 2 spiro atoms. The minimum absolute atomic E-state index is 0.0684. The monoisotopic (exact) mass is 554 g/mol. The molecule has 7 heterocycles. The molecule has 40 heavy (non-hydrogen) atoms. The van der Waals surface area contributed by atoms with Gasteiger partial charge in [0.1, 0.15) is 54.7 Å². The lowest BCUT2D eigenvalue weighted by Crippen LogP contribution is -2.37. The summed E-state index contributed by atoms with van der Waals surface area (Å²) in [5.41, 5.74) is 14.0. The van der Waals surface area contributed by atoms with Gasteiger partial charge in [0.05, 0.1) is 35.8 Å². The molecule has 9 rings (SSSR count). The molecular formula is C27H32F2N8O3. The van der Waals surface area contributed by atoms with Crippen LogP contribution in [-0.2, 0) is 25.2 Å². The van der Waals surface area contributed by atoms with Crippen LogP contribution in [0.25, 0.3) is 0 Å². The van der Waals surface area contributed by atoms with Crippen LogP contribution in [0, 0.1) is 11.8 Å². The molecule has 2 unspecified atom stereocenters. The highest BCUT2D eigenvalue weighted by molar-refractivity contribution is 5.68. The second-order valence-corrected chi connectivity index (χ2v) is 11.8. The zero-order valence-corrected chi connectivity index (χ0v) is 21.8. The van der Waals surface area contributed by atoms with Gasteiger partial charge in [0.25, 0.3) is 0 Å². The Kier molecular flexibility index (Phi) is 5.50. The van der Waals surface area contributed by atoms with Crippen LogP contribution in [0.4, 0.5) is 20.4 Å². The summed E-state index contributed by atoms with van der Waals surface area (Å²) in [6, 6.07) is 0. The van der Waals surface area contributed by atoms with E-state index in [0.29, 0.717) is 43.9 Å². The molecule has 2 aromatic heterocycles. The van der Waals surface area contributed by atoms with Gasteiger partial charge in [-0.15, -0.1) is 0 Å². The fraction of sp³-hybridized carbons (Fsp3) is 0.630. The standard InChI is InChI=1S/C27H32F2N8O3/c28-18-12-7-26-4-3-14-13(19(29)22(30)39-14)8-27(38-9-15(12)40-23(18)31)17-21(27)35-11-37-25(17)33-6-2-1-5-32-24-16(26)20(26)34-10-36-24/h1-2,10-15,18-19,22-23H,3-9,30-31H2,(H,32,34,36)(H,33,35,37)/b2-1+/t12-,13-,14-,15-,18-,19-,22-,23-,26?,27?/m1/s1. The lowest BCUT2D eigenvalue weighted by atomic mass is 9.78. The Balaban J connectivity index is 1.26. The van der Waals surface area contributed by atoms with Crippen molar-refractivity contribution in [3.05, 3.63) is 47.3 Å². The lowest BCUT2D eigenvalue weighted by Gasteiger charge is -2.31. The Hall–Kier alpha value is -2.84. The minimum atomic E-state index is -1.38. The van der Waals surface area contributed by atoms with Crippen molar-refractivity contribution in [2.24, 2.45) is 23.3 Å². The molecule has 2 aliphatic carbocycles. The van der Waals surface area contributed by atoms with Gasteiger partial charge < -0.3 is 36.3 Å². The summed E-state index contributed by atoms with van der Waals surface area (Å²) in [4.78, 5) is 18.1. The molecule has 3 saturated heterocycles. The van der Waals surface area contributed by atoms with Crippen LogP contribution in [0.5, 0.6) is 0 Å². The molecule has 0 aromatic carbocycles. The van der Waals surface area contributed by atoms with Crippen molar-refractivity contribution in [1.29, 1.82) is 0 Å². The van der Waals surface area contributed by atoms with E-state index >= 15 is 8.78 Å². The van der Waals surface area contributed by atoms with Gasteiger partial charge in [-0.1, -0.05) is 12.2 Å². The van der Waals surface area contributed by atoms with Crippen LogP contribution >= 0.6 is 0 Å². The summed E-state index contributed by atoms with van der Waals surface area (Å²) in [6.07, 6.45) is 2.90. The SMILES string of the molecule is N[C@@H]1O[C@@H]2CCC34C[C@H]5[C@@H](F)[C@H](N)O[C@@H]5COC5(C[C@H]2[C@H]1F)c1ncnc(c15)NC/C=C/CNc1ncnc3c14. The highest BCUT2D eigenvalue weighted by atomic mass is 19.1. The number of fused-ring (bicyclic) bond motifs is 6. The first kappa shape index (κ1) is 24.9. The number of anilines is 2. The van der Waals surface area contributed by atoms with Gasteiger partial charge in [-0.2, -0.15) is 0 Å². The maximum Gasteiger partial charge on any atom is 0.145 e. The summed E-state index contributed by atoms with van der Waals surface area (Å²) in [5.74, 6) is 0.274. The van der Waals surface area contributed by atoms with Gasteiger partial charge in [0.2, 0.25) is 0 Å². The number of rotatable bonds is 0. The van der Waals surface area contributed by atoms with E-state index in [0.717, 1.165) is 22.6 Å². The van der Waals surface area contributed by atoms with E-state index in [1.807, 2.05) is 12.2 Å². The summed E-state index contributed by atoms with van der Waals surface area (Å²) >= 11 is 0. The quantitative estimate of drug-likeness (QED) is 0.349. The lowest BCUT2D eigenvalue weighted by molar-refractivity contribution is -0.0826. The molecule has 5 aliphatic heterocycles. The molecular weight excluding hydrogens is 522 g/mol. The second-order valence-electron chi connectivity index (χ2n) is 11.8. The largest absolute Gasteiger partial charge is 0.366 e. The van der Waals surface area contributed by atoms with E-state index in [2.05, 4.69) is 30.6 Å². The normalized spacial score (nSPS) is 43.8. The van der Waals surface area contributed by atoms with Crippen molar-refractivity contribution >= 4 is 11.6 Å². The highest BCUT2D eigenvalue weighted by Gasteiger charge is 2.64. The predicted octanol–water partition coefficient (Wildman–Crippen LogP) is 1.38. The first-order valence-corrected chi connectivity index (χ1v) is 14.0. The van der Waals surface area contributed by atoms with E-state index in [1.54, 1.807) is 0 Å². The molecule has 0 saturated carbocycles. The van der Waals surface area contributed by atoms with Gasteiger partial charge in [0, 0.05) is 35.9 Å². The van der Waals surface area contributed by atoms with Crippen LogP contribution in [0.15, 0.2) is 24.8 Å². The van der Waals surface area contributed by atoms with Crippen LogP contribution in [0.3, 0.4) is 0 Å². The van der Waals surface area contributed by atoms with Crippen molar-refractivity contribution in [2.75, 3.05) is 30.3 Å². The first-order chi connectivity index (χ1) is 19.4. The molecule has 10 atom stereocenters. The zero-order chi connectivity index (χ0) is 27.2. The molecule has 13 heteroatoms. The van der Waals surface area contributed by atoms with Crippen LogP contribution < -0.4 is 22.1 Å². The number of ether oxygens (including phenoxy) is 3. The third-order valence-corrected chi connectivity index (χ3v) is 9.75. The first-order valence-electron chi connectivity index (χ1n) is 14.0. The Morgan fingerprint density at radius 1 is 0.800 bits per heavy atom. The van der Waals surface area contributed by atoms with Crippen molar-refractivity contribution in [3.8, 4) is 0 Å². The number of hydrogen-bond donors (Lipinski definition) is 4. The smallest absolute Gasteiger partial charge is 0.145 e. The second kappa shape index (κ2) is 8.83. The molecule has 2 aromatic rings. The van der Waals surface area contributed by atoms with Gasteiger partial charge in [-0.25, -0.2) is 28.7 Å². The molecule has 2 bridgehead atoms. The molecule has 3 fully saturated rings. The molecule has 0 amide bonds. The highest BCUT2D eigenvalue weighted by Crippen LogP contribution is 2.62. The summed E-state index contributed by atoms with van der Waals surface area (Å²) in [7, 11) is 0. The van der Waals surface area contributed by atoms with Gasteiger partial charge in [-0.3, -0.25) is 0 Å². The molecule has 6 N–H and O–H groups in total. The van der Waals surface area contributed by atoms with Crippen molar-refractivity contribution in [3.63, 3.8) is 0 Å². The van der Waals surface area contributed by atoms with Gasteiger partial charge >= 0.3 is 0 Å². The van der Waals surface area contributed by atoms with Crippen molar-refractivity contribution in [1.82, 2.24) is 19.9 Å². The van der Waals surface area contributed by atoms with Crippen molar-refractivity contribution in [2.45, 2.75) is 73.7 Å². The number of aromatic nitrogens is 4. The third kappa shape index (κ3) is 3.51. The average Bonchev–Trinajstić information content (AvgIpc) is 3.74. The summed E-state index contributed by atoms with van der Waals surface area (Å²) in [5, 5.41) is 6.74. The zero-order valence-electron chi connectivity index (χ0n) is 21.8. The molecule has 11 nitrogen and oxygen atoms in total. The van der Waals surface area contributed by atoms with Crippen LogP contribution in [-0.4, -0.2) is 76.6 Å². The Bertz CT molecular complexity index is 1280. The number of nitrogens with two attached hydrogens (primary N) is 2. The summed E-state index contributed by atoms with van der Waals surface area (Å²) in [6.45, 7) is 1.14. The molecule has 7 aliphatic rings. The fourth-order valence-electron chi connectivity index (χ4n) is 7.67. The Labute approximate surface area is 229 Å². The van der Waals surface area contributed by atoms with Crippen LogP contribution in [0.1, 0.15) is 48.2 Å². The minimum Gasteiger partial charge on any atom is -0.366 e. The maximum atomic E-state index is 15.7. The number of nitrogens with zero attached hydrogens (tertiary/aromatic N) is 4. The van der Waals surface area contributed by atoms with E-state index < -0.39 is 59.9 Å². The topological polar surface area (TPSA) is 155 Å². The van der Waals surface area contributed by atoms with Crippen molar-refractivity contribution < 1.29 is 23.0 Å². The predicted molar refractivity (Wildman–Crippen MR) is 139 cm³/mol. The van der Waals surface area contributed by atoms with Gasteiger partial charge in [-0.05, 0) is 25.7 Å². The van der Waals surface area contributed by atoms with E-state index in [-0.39, 0.29) is 13.0 Å². The van der Waals surface area contributed by atoms with Gasteiger partial charge in [0.15, 0.2) is 0 Å². The number of alkyl halides is 2. The third-order valence-electron chi connectivity index (χ3n) is 9.75. The average molecular weight is 555 g/mol. The number of hydrogen-bond acceptors (Lipinski definition) is 11. The fourth-order valence-corrected chi connectivity index (χ4v) is 7.67.